The molecule has 2 aromatic carbocycles. The van der Waals surface area contributed by atoms with Crippen LogP contribution in [0, 0.1) is 0 Å². The lowest BCUT2D eigenvalue weighted by molar-refractivity contribution is 0.0468. The Morgan fingerprint density at radius 2 is 1.91 bits per heavy atom. The Morgan fingerprint density at radius 3 is 2.65 bits per heavy atom. The van der Waals surface area contributed by atoms with E-state index in [-0.39, 0.29) is 29.8 Å². The van der Waals surface area contributed by atoms with Crippen molar-refractivity contribution in [1.82, 2.24) is 9.88 Å². The van der Waals surface area contributed by atoms with Crippen LogP contribution in [0.2, 0.25) is 0 Å². The van der Waals surface area contributed by atoms with Crippen molar-refractivity contribution in [2.75, 3.05) is 20.3 Å². The van der Waals surface area contributed by atoms with Crippen LogP contribution in [0.25, 0.3) is 10.6 Å². The first-order chi connectivity index (χ1) is 16.5. The molecule has 8 nitrogen and oxygen atoms in total. The van der Waals surface area contributed by atoms with Gasteiger partial charge in [-0.25, -0.2) is 9.78 Å². The number of ether oxygens (including phenoxy) is 3. The highest BCUT2D eigenvalue weighted by atomic mass is 32.1. The molecular weight excluding hydrogens is 456 g/mol. The van der Waals surface area contributed by atoms with Crippen LogP contribution in [-0.2, 0) is 11.3 Å². The Labute approximate surface area is 200 Å². The maximum Gasteiger partial charge on any atom is 0.338 e. The second-order valence-electron chi connectivity index (χ2n) is 7.29. The fourth-order valence-electron chi connectivity index (χ4n) is 3.52. The van der Waals surface area contributed by atoms with Crippen LogP contribution >= 0.6 is 11.3 Å². The van der Waals surface area contributed by atoms with Crippen molar-refractivity contribution in [2.24, 2.45) is 0 Å². The summed E-state index contributed by atoms with van der Waals surface area (Å²) in [5, 5.41) is 2.56. The van der Waals surface area contributed by atoms with E-state index in [1.807, 2.05) is 30.5 Å². The van der Waals surface area contributed by atoms with Crippen LogP contribution in [-0.4, -0.2) is 47.9 Å². The van der Waals surface area contributed by atoms with Crippen molar-refractivity contribution in [3.63, 3.8) is 0 Å². The number of methoxy groups -OCH3 is 1. The average Bonchev–Trinajstić information content (AvgIpc) is 3.42. The molecule has 1 aromatic heterocycles. The molecule has 9 heteroatoms. The van der Waals surface area contributed by atoms with Gasteiger partial charge in [-0.2, -0.15) is 0 Å². The number of rotatable bonds is 9. The van der Waals surface area contributed by atoms with Crippen molar-refractivity contribution in [1.29, 1.82) is 0 Å². The van der Waals surface area contributed by atoms with Crippen LogP contribution < -0.4 is 9.47 Å². The SMILES string of the molecule is C=CCN1C(=O)c2ccc(C(=O)OCc3csc(-c4ccc(OCC)c(OC)c4)n3)cc2C1=O. The number of benzene rings is 2. The number of esters is 1. The van der Waals surface area contributed by atoms with E-state index in [1.54, 1.807) is 7.11 Å². The molecule has 0 aliphatic carbocycles. The van der Waals surface area contributed by atoms with E-state index in [1.165, 1.54) is 35.6 Å². The Hall–Kier alpha value is -3.98. The number of carbonyl (C=O) groups excluding carboxylic acids is 3. The molecule has 0 saturated carbocycles. The summed E-state index contributed by atoms with van der Waals surface area (Å²) in [7, 11) is 1.58. The molecule has 2 amide bonds. The van der Waals surface area contributed by atoms with Gasteiger partial charge in [-0.05, 0) is 43.3 Å². The predicted octanol–water partition coefficient (Wildman–Crippen LogP) is 4.36. The topological polar surface area (TPSA) is 95.0 Å². The van der Waals surface area contributed by atoms with Crippen molar-refractivity contribution in [2.45, 2.75) is 13.5 Å². The number of aromatic nitrogens is 1. The molecule has 0 saturated heterocycles. The number of imide groups is 1. The molecule has 0 atom stereocenters. The maximum atomic E-state index is 12.6. The van der Waals surface area contributed by atoms with Crippen molar-refractivity contribution in [3.8, 4) is 22.1 Å². The standard InChI is InChI=1S/C25H22N2O6S/c1-4-10-27-23(28)18-8-6-16(11-19(18)24(27)29)25(30)33-13-17-14-34-22(26-17)15-7-9-20(32-5-2)21(12-15)31-3/h4,6-9,11-12,14H,1,5,10,13H2,2-3H3. The minimum atomic E-state index is -0.609. The fourth-order valence-corrected chi connectivity index (χ4v) is 4.32. The van der Waals surface area contributed by atoms with Gasteiger partial charge in [-0.3, -0.25) is 14.5 Å². The second kappa shape index (κ2) is 9.88. The predicted molar refractivity (Wildman–Crippen MR) is 126 cm³/mol. The smallest absolute Gasteiger partial charge is 0.338 e. The Kier molecular flexibility index (Phi) is 6.74. The van der Waals surface area contributed by atoms with Gasteiger partial charge < -0.3 is 14.2 Å². The number of hydrogen-bond donors (Lipinski definition) is 0. The first-order valence-corrected chi connectivity index (χ1v) is 11.4. The number of fused-ring (bicyclic) bond motifs is 1. The summed E-state index contributed by atoms with van der Waals surface area (Å²) in [6.45, 7) is 6.07. The lowest BCUT2D eigenvalue weighted by Crippen LogP contribution is -2.29. The quantitative estimate of drug-likeness (QED) is 0.256. The first kappa shape index (κ1) is 23.2. The molecule has 0 bridgehead atoms. The van der Waals surface area contributed by atoms with Gasteiger partial charge in [0.05, 0.1) is 36.1 Å². The minimum absolute atomic E-state index is 0.0317. The molecule has 0 N–H and O–H groups in total. The van der Waals surface area contributed by atoms with Gasteiger partial charge in [0.15, 0.2) is 11.5 Å². The van der Waals surface area contributed by atoms with E-state index in [2.05, 4.69) is 11.6 Å². The van der Waals surface area contributed by atoms with Crippen molar-refractivity contribution >= 4 is 29.1 Å². The Balaban J connectivity index is 1.44. The van der Waals surface area contributed by atoms with E-state index < -0.39 is 17.8 Å². The van der Waals surface area contributed by atoms with Gasteiger partial charge in [0.1, 0.15) is 11.6 Å². The first-order valence-electron chi connectivity index (χ1n) is 10.5. The molecule has 0 radical (unpaired) electrons. The van der Waals surface area contributed by atoms with E-state index in [4.69, 9.17) is 14.2 Å². The molecule has 3 aromatic rings. The third-order valence-electron chi connectivity index (χ3n) is 5.13. The molecule has 0 unspecified atom stereocenters. The Bertz CT molecular complexity index is 1280. The van der Waals surface area contributed by atoms with Gasteiger partial charge in [-0.15, -0.1) is 17.9 Å². The summed E-state index contributed by atoms with van der Waals surface area (Å²) >= 11 is 1.42. The molecule has 2 heterocycles. The number of thiazole rings is 1. The highest BCUT2D eigenvalue weighted by Crippen LogP contribution is 2.34. The van der Waals surface area contributed by atoms with Gasteiger partial charge in [-0.1, -0.05) is 6.08 Å². The minimum Gasteiger partial charge on any atom is -0.493 e. The zero-order chi connectivity index (χ0) is 24.2. The van der Waals surface area contributed by atoms with Crippen LogP contribution in [0.3, 0.4) is 0 Å². The van der Waals surface area contributed by atoms with Gasteiger partial charge in [0.25, 0.3) is 11.8 Å². The summed E-state index contributed by atoms with van der Waals surface area (Å²) in [5.41, 5.74) is 2.08. The summed E-state index contributed by atoms with van der Waals surface area (Å²) in [6.07, 6.45) is 1.47. The molecule has 1 aliphatic heterocycles. The number of carbonyl (C=O) groups is 3. The van der Waals surface area contributed by atoms with E-state index in [0.29, 0.717) is 23.8 Å². The normalized spacial score (nSPS) is 12.5. The van der Waals surface area contributed by atoms with Crippen LogP contribution in [0.5, 0.6) is 11.5 Å². The van der Waals surface area contributed by atoms with Crippen LogP contribution in [0.4, 0.5) is 0 Å². The largest absolute Gasteiger partial charge is 0.493 e. The lowest BCUT2D eigenvalue weighted by Gasteiger charge is -2.10. The Morgan fingerprint density at radius 1 is 1.12 bits per heavy atom. The zero-order valence-electron chi connectivity index (χ0n) is 18.7. The van der Waals surface area contributed by atoms with E-state index in [9.17, 15) is 14.4 Å². The molecule has 4 rings (SSSR count). The monoisotopic (exact) mass is 478 g/mol. The molecule has 34 heavy (non-hydrogen) atoms. The maximum absolute atomic E-state index is 12.6. The summed E-state index contributed by atoms with van der Waals surface area (Å²) in [6, 6.07) is 9.89. The van der Waals surface area contributed by atoms with Gasteiger partial charge >= 0.3 is 5.97 Å². The third kappa shape index (κ3) is 4.42. The van der Waals surface area contributed by atoms with E-state index >= 15 is 0 Å². The van der Waals surface area contributed by atoms with Gasteiger partial charge in [0.2, 0.25) is 0 Å². The highest BCUT2D eigenvalue weighted by molar-refractivity contribution is 7.13. The molecular formula is C25H22N2O6S. The number of amides is 2. The van der Waals surface area contributed by atoms with Gasteiger partial charge in [0, 0.05) is 17.5 Å². The molecule has 0 spiro atoms. The zero-order valence-corrected chi connectivity index (χ0v) is 19.5. The van der Waals surface area contributed by atoms with Crippen molar-refractivity contribution in [3.05, 3.63) is 76.8 Å². The van der Waals surface area contributed by atoms with E-state index in [0.717, 1.165) is 15.5 Å². The van der Waals surface area contributed by atoms with Crippen LogP contribution in [0.15, 0.2) is 54.4 Å². The number of nitrogens with zero attached hydrogens (tertiary/aromatic N) is 2. The highest BCUT2D eigenvalue weighted by Gasteiger charge is 2.35. The average molecular weight is 479 g/mol. The second-order valence-corrected chi connectivity index (χ2v) is 8.15. The fraction of sp³-hybridized carbons (Fsp3) is 0.200. The summed E-state index contributed by atoms with van der Waals surface area (Å²) in [5.74, 6) is -0.201. The number of hydrogen-bond acceptors (Lipinski definition) is 8. The third-order valence-corrected chi connectivity index (χ3v) is 6.07. The molecule has 0 fully saturated rings. The lowest BCUT2D eigenvalue weighted by atomic mass is 10.1. The van der Waals surface area contributed by atoms with Crippen LogP contribution in [0.1, 0.15) is 43.7 Å². The molecule has 174 valence electrons. The molecule has 1 aliphatic rings. The van der Waals surface area contributed by atoms with Crippen molar-refractivity contribution < 1.29 is 28.6 Å². The summed E-state index contributed by atoms with van der Waals surface area (Å²) < 4.78 is 16.3. The summed E-state index contributed by atoms with van der Waals surface area (Å²) in [4.78, 5) is 43.0.